The van der Waals surface area contributed by atoms with E-state index >= 15 is 0 Å². The van der Waals surface area contributed by atoms with Crippen LogP contribution in [-0.4, -0.2) is 48.4 Å². The van der Waals surface area contributed by atoms with E-state index in [1.54, 1.807) is 6.20 Å². The molecular formula is C23H32N4O. The van der Waals surface area contributed by atoms with Crippen molar-refractivity contribution in [3.63, 3.8) is 0 Å². The molecule has 28 heavy (non-hydrogen) atoms. The topological polar surface area (TPSA) is 59.4 Å². The molecule has 1 atom stereocenters. The summed E-state index contributed by atoms with van der Waals surface area (Å²) < 4.78 is 0. The lowest BCUT2D eigenvalue weighted by molar-refractivity contribution is -0.118. The maximum Gasteiger partial charge on any atom is 0.263 e. The number of fused-ring (bicyclic) bond motifs is 1. The predicted octanol–water partition coefficient (Wildman–Crippen LogP) is 3.18. The largest absolute Gasteiger partial charge is 0.374 e. The van der Waals surface area contributed by atoms with Crippen molar-refractivity contribution in [3.05, 3.63) is 46.7 Å². The van der Waals surface area contributed by atoms with Gasteiger partial charge in [-0.25, -0.2) is 0 Å². The van der Waals surface area contributed by atoms with Gasteiger partial charge in [-0.05, 0) is 55.3 Å². The zero-order chi connectivity index (χ0) is 19.9. The van der Waals surface area contributed by atoms with E-state index in [1.165, 1.54) is 24.0 Å². The summed E-state index contributed by atoms with van der Waals surface area (Å²) in [6, 6.07) is 8.64. The molecule has 1 unspecified atom stereocenters. The zero-order valence-corrected chi connectivity index (χ0v) is 17.2. The van der Waals surface area contributed by atoms with E-state index in [1.807, 2.05) is 0 Å². The fourth-order valence-corrected chi connectivity index (χ4v) is 4.16. The molecule has 1 aliphatic carbocycles. The number of amides is 1. The standard InChI is InChI=1S/C23H32N4O/c1-3-22(20-10-9-18-7-5-6-8-19(18)15-20)25-23(28)21(16-24)17-27-13-11-26(4-2)12-14-27/h9-10,15,17,22H,3-8,11-14H2,1-2H3,(H,25,28)/b21-17-. The van der Waals surface area contributed by atoms with Gasteiger partial charge in [-0.1, -0.05) is 32.0 Å². The van der Waals surface area contributed by atoms with Gasteiger partial charge in [0.15, 0.2) is 0 Å². The van der Waals surface area contributed by atoms with Gasteiger partial charge in [0, 0.05) is 32.4 Å². The Labute approximate surface area is 169 Å². The lowest BCUT2D eigenvalue weighted by Crippen LogP contribution is -2.44. The van der Waals surface area contributed by atoms with E-state index < -0.39 is 0 Å². The first-order valence-corrected chi connectivity index (χ1v) is 10.7. The number of rotatable bonds is 6. The predicted molar refractivity (Wildman–Crippen MR) is 112 cm³/mol. The number of benzene rings is 1. The second kappa shape index (κ2) is 9.75. The molecule has 1 N–H and O–H groups in total. The summed E-state index contributed by atoms with van der Waals surface area (Å²) in [5, 5.41) is 12.6. The second-order valence-electron chi connectivity index (χ2n) is 7.79. The molecule has 1 heterocycles. The number of nitrogens with zero attached hydrogens (tertiary/aromatic N) is 3. The summed E-state index contributed by atoms with van der Waals surface area (Å²) in [6.07, 6.45) is 7.34. The Morgan fingerprint density at radius 3 is 2.54 bits per heavy atom. The number of piperazine rings is 1. The van der Waals surface area contributed by atoms with Gasteiger partial charge >= 0.3 is 0 Å². The number of likely N-dealkylation sites (N-methyl/N-ethyl adjacent to an activating group) is 1. The van der Waals surface area contributed by atoms with Crippen molar-refractivity contribution in [1.82, 2.24) is 15.1 Å². The third-order valence-corrected chi connectivity index (χ3v) is 6.02. The Morgan fingerprint density at radius 2 is 1.89 bits per heavy atom. The van der Waals surface area contributed by atoms with Crippen molar-refractivity contribution < 1.29 is 4.79 Å². The molecule has 0 saturated carbocycles. The third kappa shape index (κ3) is 4.94. The van der Waals surface area contributed by atoms with Crippen molar-refractivity contribution in [3.8, 4) is 6.07 Å². The highest BCUT2D eigenvalue weighted by molar-refractivity contribution is 5.97. The molecule has 0 bridgehead atoms. The monoisotopic (exact) mass is 380 g/mol. The van der Waals surface area contributed by atoms with E-state index in [0.717, 1.165) is 57.5 Å². The molecule has 5 heteroatoms. The summed E-state index contributed by atoms with van der Waals surface area (Å²) in [5.41, 5.74) is 4.20. The van der Waals surface area contributed by atoms with Crippen LogP contribution in [0.25, 0.3) is 0 Å². The molecule has 3 rings (SSSR count). The molecule has 1 amide bonds. The van der Waals surface area contributed by atoms with Gasteiger partial charge in [0.25, 0.3) is 5.91 Å². The van der Waals surface area contributed by atoms with Crippen LogP contribution in [0, 0.1) is 11.3 Å². The lowest BCUT2D eigenvalue weighted by Gasteiger charge is -2.33. The van der Waals surface area contributed by atoms with Crippen LogP contribution in [0.15, 0.2) is 30.0 Å². The van der Waals surface area contributed by atoms with Crippen LogP contribution in [0.5, 0.6) is 0 Å². The molecule has 0 aromatic heterocycles. The molecule has 150 valence electrons. The van der Waals surface area contributed by atoms with Crippen LogP contribution in [0.3, 0.4) is 0 Å². The Bertz CT molecular complexity index is 756. The Balaban J connectivity index is 1.67. The van der Waals surface area contributed by atoms with E-state index in [9.17, 15) is 10.1 Å². The minimum atomic E-state index is -0.273. The summed E-state index contributed by atoms with van der Waals surface area (Å²) in [4.78, 5) is 17.2. The average molecular weight is 381 g/mol. The summed E-state index contributed by atoms with van der Waals surface area (Å²) in [6.45, 7) is 8.93. The first-order chi connectivity index (χ1) is 13.6. The first-order valence-electron chi connectivity index (χ1n) is 10.7. The van der Waals surface area contributed by atoms with E-state index in [4.69, 9.17) is 0 Å². The highest BCUT2D eigenvalue weighted by Crippen LogP contribution is 2.26. The second-order valence-corrected chi connectivity index (χ2v) is 7.79. The molecule has 1 aliphatic heterocycles. The van der Waals surface area contributed by atoms with Crippen molar-refractivity contribution >= 4 is 5.91 Å². The Hall–Kier alpha value is -2.32. The molecule has 1 aromatic carbocycles. The van der Waals surface area contributed by atoms with Gasteiger partial charge in [0.2, 0.25) is 0 Å². The molecule has 1 aromatic rings. The number of hydrogen-bond acceptors (Lipinski definition) is 4. The molecule has 1 fully saturated rings. The lowest BCUT2D eigenvalue weighted by atomic mass is 9.88. The quantitative estimate of drug-likeness (QED) is 0.608. The average Bonchev–Trinajstić information content (AvgIpc) is 2.75. The van der Waals surface area contributed by atoms with E-state index in [-0.39, 0.29) is 17.5 Å². The van der Waals surface area contributed by atoms with E-state index in [0.29, 0.717) is 0 Å². The SMILES string of the molecule is CCC(NC(=O)/C(C#N)=C\N1CCN(CC)CC1)c1ccc2c(c1)CCCC2. The van der Waals surface area contributed by atoms with Crippen LogP contribution in [0.1, 0.15) is 55.8 Å². The highest BCUT2D eigenvalue weighted by atomic mass is 16.1. The maximum atomic E-state index is 12.8. The van der Waals surface area contributed by atoms with Gasteiger partial charge < -0.3 is 15.1 Å². The van der Waals surface area contributed by atoms with Crippen molar-refractivity contribution in [2.45, 2.75) is 52.0 Å². The van der Waals surface area contributed by atoms with Gasteiger partial charge in [0.05, 0.1) is 6.04 Å². The normalized spacial score (nSPS) is 18.9. The van der Waals surface area contributed by atoms with Gasteiger partial charge in [-0.15, -0.1) is 0 Å². The number of carbonyl (C=O) groups is 1. The molecule has 0 radical (unpaired) electrons. The molecule has 1 saturated heterocycles. The summed E-state index contributed by atoms with van der Waals surface area (Å²) in [5.74, 6) is -0.273. The van der Waals surface area contributed by atoms with Crippen LogP contribution >= 0.6 is 0 Å². The number of hydrogen-bond donors (Lipinski definition) is 1. The van der Waals surface area contributed by atoms with Crippen molar-refractivity contribution in [2.24, 2.45) is 0 Å². The third-order valence-electron chi connectivity index (χ3n) is 6.02. The van der Waals surface area contributed by atoms with Crippen LogP contribution in [-0.2, 0) is 17.6 Å². The fraction of sp³-hybridized carbons (Fsp3) is 0.565. The molecular weight excluding hydrogens is 348 g/mol. The number of nitriles is 1. The summed E-state index contributed by atoms with van der Waals surface area (Å²) >= 11 is 0. The molecule has 0 spiro atoms. The molecule has 5 nitrogen and oxygen atoms in total. The van der Waals surface area contributed by atoms with E-state index in [2.05, 4.69) is 53.2 Å². The Morgan fingerprint density at radius 1 is 1.18 bits per heavy atom. The van der Waals surface area contributed by atoms with Crippen LogP contribution in [0.4, 0.5) is 0 Å². The molecule has 2 aliphatic rings. The van der Waals surface area contributed by atoms with Gasteiger partial charge in [-0.2, -0.15) is 5.26 Å². The summed E-state index contributed by atoms with van der Waals surface area (Å²) in [7, 11) is 0. The van der Waals surface area contributed by atoms with Crippen molar-refractivity contribution in [2.75, 3.05) is 32.7 Å². The number of aryl methyl sites for hydroxylation is 2. The minimum absolute atomic E-state index is 0.0617. The fourth-order valence-electron chi connectivity index (χ4n) is 4.16. The maximum absolute atomic E-state index is 12.8. The smallest absolute Gasteiger partial charge is 0.263 e. The van der Waals surface area contributed by atoms with Gasteiger partial charge in [0.1, 0.15) is 11.6 Å². The first kappa shape index (κ1) is 20.4. The zero-order valence-electron chi connectivity index (χ0n) is 17.2. The van der Waals surface area contributed by atoms with Crippen LogP contribution < -0.4 is 5.32 Å². The van der Waals surface area contributed by atoms with Crippen LogP contribution in [0.2, 0.25) is 0 Å². The Kier molecular flexibility index (Phi) is 7.11. The minimum Gasteiger partial charge on any atom is -0.374 e. The number of nitrogens with one attached hydrogen (secondary N) is 1. The van der Waals surface area contributed by atoms with Crippen molar-refractivity contribution in [1.29, 1.82) is 5.26 Å². The highest BCUT2D eigenvalue weighted by Gasteiger charge is 2.20. The number of carbonyl (C=O) groups excluding carboxylic acids is 1. The van der Waals surface area contributed by atoms with Gasteiger partial charge in [-0.3, -0.25) is 4.79 Å².